The molecule has 1 heterocycles. The SMILES string of the molecule is Cc1ccccc1Nc1nc(Nc2ccc(OCC(C)C)cc2)ncc1C(F)(F)F. The van der Waals surface area contributed by atoms with Gasteiger partial charge in [-0.1, -0.05) is 32.0 Å². The number of benzene rings is 2. The monoisotopic (exact) mass is 416 g/mol. The number of hydrogen-bond acceptors (Lipinski definition) is 5. The van der Waals surface area contributed by atoms with Gasteiger partial charge in [-0.25, -0.2) is 4.98 Å². The first kappa shape index (κ1) is 21.4. The van der Waals surface area contributed by atoms with Crippen LogP contribution in [0.2, 0.25) is 0 Å². The highest BCUT2D eigenvalue weighted by Crippen LogP contribution is 2.35. The van der Waals surface area contributed by atoms with E-state index >= 15 is 0 Å². The minimum atomic E-state index is -4.58. The Morgan fingerprint density at radius 2 is 1.70 bits per heavy atom. The van der Waals surface area contributed by atoms with E-state index in [2.05, 4.69) is 34.4 Å². The molecule has 3 rings (SSSR count). The van der Waals surface area contributed by atoms with Crippen molar-refractivity contribution in [2.24, 2.45) is 5.92 Å². The van der Waals surface area contributed by atoms with E-state index in [1.54, 1.807) is 49.4 Å². The van der Waals surface area contributed by atoms with Gasteiger partial charge in [0.15, 0.2) is 0 Å². The number of para-hydroxylation sites is 1. The molecule has 3 aromatic rings. The van der Waals surface area contributed by atoms with Crippen LogP contribution in [0.3, 0.4) is 0 Å². The molecule has 0 aliphatic carbocycles. The van der Waals surface area contributed by atoms with Crippen molar-refractivity contribution in [3.05, 3.63) is 65.9 Å². The summed E-state index contributed by atoms with van der Waals surface area (Å²) in [5, 5.41) is 5.71. The Kier molecular flexibility index (Phi) is 6.44. The van der Waals surface area contributed by atoms with Crippen molar-refractivity contribution in [3.8, 4) is 5.75 Å². The lowest BCUT2D eigenvalue weighted by Crippen LogP contribution is -2.13. The maximum atomic E-state index is 13.4. The van der Waals surface area contributed by atoms with Gasteiger partial charge in [0.2, 0.25) is 5.95 Å². The van der Waals surface area contributed by atoms with Crippen LogP contribution in [0.5, 0.6) is 5.75 Å². The van der Waals surface area contributed by atoms with Crippen molar-refractivity contribution in [2.45, 2.75) is 26.9 Å². The molecule has 0 spiro atoms. The van der Waals surface area contributed by atoms with Gasteiger partial charge in [-0.05, 0) is 48.7 Å². The quantitative estimate of drug-likeness (QED) is 0.472. The Labute approximate surface area is 173 Å². The topological polar surface area (TPSA) is 59.1 Å². The highest BCUT2D eigenvalue weighted by molar-refractivity contribution is 5.65. The van der Waals surface area contributed by atoms with Crippen LogP contribution >= 0.6 is 0 Å². The van der Waals surface area contributed by atoms with Gasteiger partial charge in [-0.2, -0.15) is 18.2 Å². The molecule has 2 aromatic carbocycles. The van der Waals surface area contributed by atoms with Gasteiger partial charge in [0.1, 0.15) is 17.1 Å². The van der Waals surface area contributed by atoms with Gasteiger partial charge in [0.25, 0.3) is 0 Å². The zero-order valence-electron chi connectivity index (χ0n) is 16.9. The van der Waals surface area contributed by atoms with Gasteiger partial charge in [-0.15, -0.1) is 0 Å². The Morgan fingerprint density at radius 3 is 2.33 bits per heavy atom. The van der Waals surface area contributed by atoms with Crippen LogP contribution in [0.15, 0.2) is 54.7 Å². The maximum absolute atomic E-state index is 13.4. The number of aryl methyl sites for hydroxylation is 1. The van der Waals surface area contributed by atoms with Crippen LogP contribution in [0.4, 0.5) is 36.3 Å². The fourth-order valence-corrected chi connectivity index (χ4v) is 2.61. The molecule has 30 heavy (non-hydrogen) atoms. The van der Waals surface area contributed by atoms with Crippen LogP contribution < -0.4 is 15.4 Å². The lowest BCUT2D eigenvalue weighted by molar-refractivity contribution is -0.137. The average Bonchev–Trinajstić information content (AvgIpc) is 2.68. The smallest absolute Gasteiger partial charge is 0.421 e. The largest absolute Gasteiger partial charge is 0.493 e. The van der Waals surface area contributed by atoms with Crippen LogP contribution in [0, 0.1) is 12.8 Å². The summed E-state index contributed by atoms with van der Waals surface area (Å²) in [6, 6.07) is 14.1. The number of halogens is 3. The standard InChI is InChI=1S/C22H23F3N4O/c1-14(2)13-30-17-10-8-16(9-11-17)27-21-26-12-18(22(23,24)25)20(29-21)28-19-7-5-4-6-15(19)3/h4-12,14H,13H2,1-3H3,(H2,26,27,28,29). The summed E-state index contributed by atoms with van der Waals surface area (Å²) >= 11 is 0. The first-order valence-electron chi connectivity index (χ1n) is 9.49. The molecular formula is C22H23F3N4O. The maximum Gasteiger partial charge on any atom is 0.421 e. The number of nitrogens with zero attached hydrogens (tertiary/aromatic N) is 2. The third-order valence-corrected chi connectivity index (χ3v) is 4.19. The number of nitrogens with one attached hydrogen (secondary N) is 2. The number of alkyl halides is 3. The second-order valence-electron chi connectivity index (χ2n) is 7.25. The summed E-state index contributed by atoms with van der Waals surface area (Å²) in [6.07, 6.45) is -3.81. The van der Waals surface area contributed by atoms with Crippen molar-refractivity contribution in [2.75, 3.05) is 17.2 Å². The molecule has 0 saturated heterocycles. The minimum Gasteiger partial charge on any atom is -0.493 e. The molecule has 5 nitrogen and oxygen atoms in total. The second kappa shape index (κ2) is 9.02. The molecular weight excluding hydrogens is 393 g/mol. The Morgan fingerprint density at radius 1 is 1.00 bits per heavy atom. The van der Waals surface area contributed by atoms with Gasteiger partial charge in [0, 0.05) is 17.6 Å². The molecule has 0 atom stereocenters. The first-order valence-corrected chi connectivity index (χ1v) is 9.49. The summed E-state index contributed by atoms with van der Waals surface area (Å²) in [5.41, 5.74) is 1.04. The molecule has 0 saturated carbocycles. The van der Waals surface area contributed by atoms with Gasteiger partial charge in [-0.3, -0.25) is 0 Å². The van der Waals surface area contributed by atoms with Gasteiger partial charge >= 0.3 is 6.18 Å². The summed E-state index contributed by atoms with van der Waals surface area (Å²) in [7, 11) is 0. The molecule has 2 N–H and O–H groups in total. The van der Waals surface area contributed by atoms with Crippen molar-refractivity contribution in [1.82, 2.24) is 9.97 Å². The lowest BCUT2D eigenvalue weighted by atomic mass is 10.2. The van der Waals surface area contributed by atoms with Crippen LogP contribution in [-0.4, -0.2) is 16.6 Å². The predicted molar refractivity (Wildman–Crippen MR) is 112 cm³/mol. The second-order valence-corrected chi connectivity index (χ2v) is 7.25. The number of rotatable bonds is 7. The van der Waals surface area contributed by atoms with Crippen LogP contribution in [0.25, 0.3) is 0 Å². The molecule has 0 amide bonds. The summed E-state index contributed by atoms with van der Waals surface area (Å²) in [5.74, 6) is 0.855. The fourth-order valence-electron chi connectivity index (χ4n) is 2.61. The summed E-state index contributed by atoms with van der Waals surface area (Å²) in [4.78, 5) is 7.90. The van der Waals surface area contributed by atoms with E-state index in [1.807, 2.05) is 6.07 Å². The van der Waals surface area contributed by atoms with E-state index in [0.717, 1.165) is 11.8 Å². The Balaban J connectivity index is 1.83. The molecule has 8 heteroatoms. The van der Waals surface area contributed by atoms with E-state index in [-0.39, 0.29) is 11.8 Å². The third kappa shape index (κ3) is 5.62. The number of hydrogen-bond donors (Lipinski definition) is 2. The molecule has 0 aliphatic heterocycles. The molecule has 0 fully saturated rings. The minimum absolute atomic E-state index is 0.0509. The van der Waals surface area contributed by atoms with Crippen LogP contribution in [-0.2, 0) is 6.18 Å². The van der Waals surface area contributed by atoms with E-state index in [4.69, 9.17) is 4.74 Å². The van der Waals surface area contributed by atoms with Crippen LogP contribution in [0.1, 0.15) is 25.0 Å². The zero-order chi connectivity index (χ0) is 21.7. The van der Waals surface area contributed by atoms with Crippen molar-refractivity contribution in [3.63, 3.8) is 0 Å². The van der Waals surface area contributed by atoms with E-state index < -0.39 is 11.7 Å². The van der Waals surface area contributed by atoms with Crippen molar-refractivity contribution < 1.29 is 17.9 Å². The third-order valence-electron chi connectivity index (χ3n) is 4.19. The number of aromatic nitrogens is 2. The van der Waals surface area contributed by atoms with E-state index in [0.29, 0.717) is 29.6 Å². The first-order chi connectivity index (χ1) is 14.2. The molecule has 0 radical (unpaired) electrons. The Bertz CT molecular complexity index is 988. The molecule has 0 bridgehead atoms. The number of anilines is 4. The molecule has 0 aliphatic rings. The highest BCUT2D eigenvalue weighted by Gasteiger charge is 2.35. The van der Waals surface area contributed by atoms with E-state index in [1.165, 1.54) is 0 Å². The average molecular weight is 416 g/mol. The zero-order valence-corrected chi connectivity index (χ0v) is 16.9. The predicted octanol–water partition coefficient (Wildman–Crippen LogP) is 6.33. The van der Waals surface area contributed by atoms with Crippen molar-refractivity contribution >= 4 is 23.1 Å². The van der Waals surface area contributed by atoms with Crippen molar-refractivity contribution in [1.29, 1.82) is 0 Å². The highest BCUT2D eigenvalue weighted by atomic mass is 19.4. The molecule has 0 unspecified atom stereocenters. The van der Waals surface area contributed by atoms with E-state index in [9.17, 15) is 13.2 Å². The fraction of sp³-hybridized carbons (Fsp3) is 0.273. The normalized spacial score (nSPS) is 11.4. The summed E-state index contributed by atoms with van der Waals surface area (Å²) in [6.45, 7) is 6.52. The van der Waals surface area contributed by atoms with Gasteiger partial charge < -0.3 is 15.4 Å². The molecule has 158 valence electrons. The summed E-state index contributed by atoms with van der Waals surface area (Å²) < 4.78 is 45.9. The lowest BCUT2D eigenvalue weighted by Gasteiger charge is -2.16. The van der Waals surface area contributed by atoms with Gasteiger partial charge in [0.05, 0.1) is 6.61 Å². The number of ether oxygens (including phenoxy) is 1. The Hall–Kier alpha value is -3.29. The molecule has 1 aromatic heterocycles.